The fourth-order valence-electron chi connectivity index (χ4n) is 1.99. The highest BCUT2D eigenvalue weighted by atomic mass is 16.5. The number of rotatable bonds is 2. The third-order valence-corrected chi connectivity index (χ3v) is 2.95. The van der Waals surface area contributed by atoms with Crippen LogP contribution in [0.5, 0.6) is 5.75 Å². The van der Waals surface area contributed by atoms with Gasteiger partial charge < -0.3 is 9.72 Å². The molecule has 0 unspecified atom stereocenters. The van der Waals surface area contributed by atoms with Crippen molar-refractivity contribution in [2.75, 3.05) is 7.11 Å². The van der Waals surface area contributed by atoms with E-state index in [2.05, 4.69) is 20.2 Å². The Labute approximate surface area is 108 Å². The SMILES string of the molecule is COc1ccccc1-c1nc2c(C)[nH]nc2c(=O)[nH]1. The summed E-state index contributed by atoms with van der Waals surface area (Å²) in [6.07, 6.45) is 0. The van der Waals surface area contributed by atoms with E-state index < -0.39 is 0 Å². The maximum atomic E-state index is 12.0. The number of fused-ring (bicyclic) bond motifs is 1. The minimum Gasteiger partial charge on any atom is -0.496 e. The minimum absolute atomic E-state index is 0.268. The summed E-state index contributed by atoms with van der Waals surface area (Å²) < 4.78 is 5.28. The summed E-state index contributed by atoms with van der Waals surface area (Å²) in [7, 11) is 1.58. The molecule has 0 aliphatic rings. The summed E-state index contributed by atoms with van der Waals surface area (Å²) in [6.45, 7) is 1.83. The van der Waals surface area contributed by atoms with Crippen LogP contribution in [0.15, 0.2) is 29.1 Å². The molecule has 0 amide bonds. The van der Waals surface area contributed by atoms with Gasteiger partial charge in [-0.2, -0.15) is 5.10 Å². The molecule has 0 bridgehead atoms. The summed E-state index contributed by atoms with van der Waals surface area (Å²) in [6, 6.07) is 7.40. The molecule has 0 fully saturated rings. The van der Waals surface area contributed by atoms with Crippen LogP contribution >= 0.6 is 0 Å². The van der Waals surface area contributed by atoms with Gasteiger partial charge in [0, 0.05) is 0 Å². The lowest BCUT2D eigenvalue weighted by Gasteiger charge is -2.07. The first-order chi connectivity index (χ1) is 9.20. The zero-order valence-electron chi connectivity index (χ0n) is 10.5. The average molecular weight is 256 g/mol. The van der Waals surface area contributed by atoms with E-state index in [1.54, 1.807) is 7.11 Å². The third kappa shape index (κ3) is 1.77. The smallest absolute Gasteiger partial charge is 0.279 e. The molecule has 2 aromatic heterocycles. The molecule has 0 spiro atoms. The van der Waals surface area contributed by atoms with Crippen LogP contribution in [0.4, 0.5) is 0 Å². The van der Waals surface area contributed by atoms with Crippen molar-refractivity contribution in [3.8, 4) is 17.1 Å². The molecular weight excluding hydrogens is 244 g/mol. The van der Waals surface area contributed by atoms with Gasteiger partial charge in [0.15, 0.2) is 5.52 Å². The van der Waals surface area contributed by atoms with E-state index in [1.807, 2.05) is 31.2 Å². The molecule has 6 heteroatoms. The monoisotopic (exact) mass is 256 g/mol. The van der Waals surface area contributed by atoms with Crippen LogP contribution in [0, 0.1) is 6.92 Å². The van der Waals surface area contributed by atoms with Gasteiger partial charge in [-0.3, -0.25) is 9.89 Å². The molecule has 0 aliphatic carbocycles. The number of benzene rings is 1. The quantitative estimate of drug-likeness (QED) is 0.730. The van der Waals surface area contributed by atoms with E-state index >= 15 is 0 Å². The van der Waals surface area contributed by atoms with Crippen LogP contribution in [0.3, 0.4) is 0 Å². The first kappa shape index (κ1) is 11.5. The third-order valence-electron chi connectivity index (χ3n) is 2.95. The molecule has 0 aliphatic heterocycles. The molecule has 0 radical (unpaired) electrons. The highest BCUT2D eigenvalue weighted by Gasteiger charge is 2.13. The molecule has 3 aromatic rings. The van der Waals surface area contributed by atoms with Gasteiger partial charge in [0.2, 0.25) is 0 Å². The number of nitrogens with zero attached hydrogens (tertiary/aromatic N) is 2. The first-order valence-corrected chi connectivity index (χ1v) is 5.79. The van der Waals surface area contributed by atoms with Gasteiger partial charge in [0.25, 0.3) is 5.56 Å². The van der Waals surface area contributed by atoms with Gasteiger partial charge in [-0.25, -0.2) is 4.98 Å². The van der Waals surface area contributed by atoms with Gasteiger partial charge >= 0.3 is 0 Å². The van der Waals surface area contributed by atoms with E-state index in [1.165, 1.54) is 0 Å². The van der Waals surface area contributed by atoms with E-state index in [0.717, 1.165) is 11.3 Å². The number of aryl methyl sites for hydroxylation is 1. The van der Waals surface area contributed by atoms with Gasteiger partial charge in [0.1, 0.15) is 17.1 Å². The molecule has 2 N–H and O–H groups in total. The van der Waals surface area contributed by atoms with Crippen molar-refractivity contribution in [1.82, 2.24) is 20.2 Å². The van der Waals surface area contributed by atoms with Crippen LogP contribution in [-0.4, -0.2) is 27.3 Å². The number of aromatic nitrogens is 4. The molecule has 1 aromatic carbocycles. The van der Waals surface area contributed by atoms with Crippen LogP contribution in [-0.2, 0) is 0 Å². The van der Waals surface area contributed by atoms with Crippen molar-refractivity contribution < 1.29 is 4.74 Å². The molecule has 96 valence electrons. The Morgan fingerprint density at radius 3 is 2.79 bits per heavy atom. The maximum absolute atomic E-state index is 12.0. The summed E-state index contributed by atoms with van der Waals surface area (Å²) in [5.74, 6) is 1.13. The predicted molar refractivity (Wildman–Crippen MR) is 71.2 cm³/mol. The lowest BCUT2D eigenvalue weighted by atomic mass is 10.2. The van der Waals surface area contributed by atoms with Crippen molar-refractivity contribution >= 4 is 11.0 Å². The molecule has 0 saturated heterocycles. The summed E-state index contributed by atoms with van der Waals surface area (Å²) in [5, 5.41) is 6.69. The second kappa shape index (κ2) is 4.24. The number of para-hydroxylation sites is 1. The number of H-pyrrole nitrogens is 2. The molecular formula is C13H12N4O2. The van der Waals surface area contributed by atoms with Crippen molar-refractivity contribution in [3.05, 3.63) is 40.3 Å². The zero-order chi connectivity index (χ0) is 13.4. The van der Waals surface area contributed by atoms with E-state index in [4.69, 9.17) is 4.74 Å². The summed E-state index contributed by atoms with van der Waals surface area (Å²) >= 11 is 0. The Kier molecular flexibility index (Phi) is 2.56. The van der Waals surface area contributed by atoms with Gasteiger partial charge in [-0.1, -0.05) is 12.1 Å². The van der Waals surface area contributed by atoms with Crippen molar-refractivity contribution in [1.29, 1.82) is 0 Å². The second-order valence-corrected chi connectivity index (χ2v) is 4.16. The lowest BCUT2D eigenvalue weighted by Crippen LogP contribution is -2.09. The number of hydrogen-bond acceptors (Lipinski definition) is 4. The highest BCUT2D eigenvalue weighted by molar-refractivity contribution is 5.78. The van der Waals surface area contributed by atoms with Crippen LogP contribution < -0.4 is 10.3 Å². The number of ether oxygens (including phenoxy) is 1. The van der Waals surface area contributed by atoms with Crippen molar-refractivity contribution in [2.24, 2.45) is 0 Å². The number of methoxy groups -OCH3 is 1. The van der Waals surface area contributed by atoms with Crippen LogP contribution in [0.25, 0.3) is 22.4 Å². The van der Waals surface area contributed by atoms with Crippen molar-refractivity contribution in [2.45, 2.75) is 6.92 Å². The molecule has 0 atom stereocenters. The van der Waals surface area contributed by atoms with E-state index in [0.29, 0.717) is 22.6 Å². The van der Waals surface area contributed by atoms with E-state index in [-0.39, 0.29) is 5.56 Å². The van der Waals surface area contributed by atoms with Gasteiger partial charge in [-0.05, 0) is 19.1 Å². The second-order valence-electron chi connectivity index (χ2n) is 4.16. The highest BCUT2D eigenvalue weighted by Crippen LogP contribution is 2.26. The minimum atomic E-state index is -0.268. The molecule has 19 heavy (non-hydrogen) atoms. The fourth-order valence-corrected chi connectivity index (χ4v) is 1.99. The Morgan fingerprint density at radius 1 is 1.21 bits per heavy atom. The largest absolute Gasteiger partial charge is 0.496 e. The summed E-state index contributed by atoms with van der Waals surface area (Å²) in [5.41, 5.74) is 2.12. The Balaban J connectivity index is 2.31. The molecule has 3 rings (SSSR count). The Bertz CT molecular complexity index is 804. The van der Waals surface area contributed by atoms with Crippen LogP contribution in [0.1, 0.15) is 5.69 Å². The predicted octanol–water partition coefficient (Wildman–Crippen LogP) is 1.63. The Hall–Kier alpha value is -2.63. The standard InChI is InChI=1S/C13H12N4O2/c1-7-10-11(17-16-7)13(18)15-12(14-10)8-5-3-4-6-9(8)19-2/h3-6H,1-2H3,(H,16,17)(H,14,15,18). The van der Waals surface area contributed by atoms with Crippen molar-refractivity contribution in [3.63, 3.8) is 0 Å². The lowest BCUT2D eigenvalue weighted by molar-refractivity contribution is 0.416. The van der Waals surface area contributed by atoms with Gasteiger partial charge in [-0.15, -0.1) is 0 Å². The number of hydrogen-bond donors (Lipinski definition) is 2. The first-order valence-electron chi connectivity index (χ1n) is 5.79. The topological polar surface area (TPSA) is 83.7 Å². The number of aromatic amines is 2. The molecule has 2 heterocycles. The average Bonchev–Trinajstić information content (AvgIpc) is 2.81. The van der Waals surface area contributed by atoms with Gasteiger partial charge in [0.05, 0.1) is 18.4 Å². The molecule has 6 nitrogen and oxygen atoms in total. The molecule has 0 saturated carbocycles. The van der Waals surface area contributed by atoms with Crippen LogP contribution in [0.2, 0.25) is 0 Å². The fraction of sp³-hybridized carbons (Fsp3) is 0.154. The maximum Gasteiger partial charge on any atom is 0.279 e. The van der Waals surface area contributed by atoms with E-state index in [9.17, 15) is 4.79 Å². The Morgan fingerprint density at radius 2 is 2.00 bits per heavy atom. The summed E-state index contributed by atoms with van der Waals surface area (Å²) in [4.78, 5) is 19.1. The zero-order valence-corrected chi connectivity index (χ0v) is 10.5. The normalized spacial score (nSPS) is 10.8. The number of nitrogens with one attached hydrogen (secondary N) is 2.